The van der Waals surface area contributed by atoms with Crippen LogP contribution in [-0.4, -0.2) is 22.5 Å². The van der Waals surface area contributed by atoms with Crippen molar-refractivity contribution in [3.05, 3.63) is 35.1 Å². The summed E-state index contributed by atoms with van der Waals surface area (Å²) in [7, 11) is -1.47. The molecule has 0 saturated carbocycles. The van der Waals surface area contributed by atoms with Gasteiger partial charge in [0.15, 0.2) is 11.6 Å². The van der Waals surface area contributed by atoms with E-state index in [1.807, 2.05) is 13.8 Å². The van der Waals surface area contributed by atoms with Crippen molar-refractivity contribution in [2.24, 2.45) is 0 Å². The van der Waals surface area contributed by atoms with Gasteiger partial charge in [-0.1, -0.05) is 0 Å². The first-order valence-corrected chi connectivity index (χ1v) is 7.35. The molecule has 0 amide bonds. The minimum absolute atomic E-state index is 0.149. The average Bonchev–Trinajstić information content (AvgIpc) is 2.32. The predicted octanol–water partition coefficient (Wildman–Crippen LogP) is 3.21. The maximum atomic E-state index is 13.4. The third-order valence-corrected chi connectivity index (χ3v) is 4.18. The molecule has 6 heteroatoms. The molecular formula is C12H16F3O2Si. The first kappa shape index (κ1) is 15.2. The first-order chi connectivity index (χ1) is 8.58. The Labute approximate surface area is 107 Å². The molecule has 1 radical (unpaired) electrons. The molecule has 0 aliphatic carbocycles. The fourth-order valence-corrected chi connectivity index (χ4v) is 2.99. The Morgan fingerprint density at radius 1 is 0.944 bits per heavy atom. The summed E-state index contributed by atoms with van der Waals surface area (Å²) < 4.78 is 49.9. The van der Waals surface area contributed by atoms with Gasteiger partial charge in [-0.2, -0.15) is 0 Å². The Hall–Kier alpha value is -0.853. The van der Waals surface area contributed by atoms with Crippen LogP contribution in [0.5, 0.6) is 0 Å². The molecule has 0 spiro atoms. The molecule has 0 atom stereocenters. The topological polar surface area (TPSA) is 18.5 Å². The standard InChI is InChI=1S/C12H16F3O2Si/c1-3-16-18(17-4-2)6-5-9-7-11(14)12(15)8-10(9)13/h7-8H,3-6H2,1-2H3. The minimum atomic E-state index is -1.47. The first-order valence-electron chi connectivity index (χ1n) is 5.83. The molecule has 0 unspecified atom stereocenters. The van der Waals surface area contributed by atoms with Gasteiger partial charge in [0.05, 0.1) is 0 Å². The Bertz CT molecular complexity index is 382. The molecule has 0 bridgehead atoms. The lowest BCUT2D eigenvalue weighted by atomic mass is 10.1. The second-order valence-electron chi connectivity index (χ2n) is 3.60. The summed E-state index contributed by atoms with van der Waals surface area (Å²) in [6.45, 7) is 4.74. The zero-order chi connectivity index (χ0) is 13.5. The van der Waals surface area contributed by atoms with Crippen molar-refractivity contribution in [3.8, 4) is 0 Å². The van der Waals surface area contributed by atoms with Crippen LogP contribution in [0.2, 0.25) is 6.04 Å². The molecule has 1 rings (SSSR count). The number of benzene rings is 1. The molecular weight excluding hydrogens is 261 g/mol. The molecule has 1 aromatic rings. The summed E-state index contributed by atoms with van der Waals surface area (Å²) in [5, 5.41) is 0. The van der Waals surface area contributed by atoms with Gasteiger partial charge in [-0.05, 0) is 37.9 Å². The van der Waals surface area contributed by atoms with E-state index in [0.29, 0.717) is 25.3 Å². The number of aryl methyl sites for hydroxylation is 1. The van der Waals surface area contributed by atoms with E-state index in [4.69, 9.17) is 8.85 Å². The lowest BCUT2D eigenvalue weighted by Gasteiger charge is -2.13. The molecule has 0 N–H and O–H groups in total. The second-order valence-corrected chi connectivity index (χ2v) is 5.42. The van der Waals surface area contributed by atoms with Crippen LogP contribution in [0.15, 0.2) is 12.1 Å². The van der Waals surface area contributed by atoms with Crippen molar-refractivity contribution >= 4 is 9.28 Å². The highest BCUT2D eigenvalue weighted by atomic mass is 28.3. The molecule has 0 fully saturated rings. The van der Waals surface area contributed by atoms with Gasteiger partial charge in [-0.25, -0.2) is 13.2 Å². The lowest BCUT2D eigenvalue weighted by molar-refractivity contribution is 0.213. The number of halogens is 3. The maximum Gasteiger partial charge on any atom is 0.384 e. The SMILES string of the molecule is CCO[Si](CCc1cc(F)c(F)cc1F)OCC. The van der Waals surface area contributed by atoms with Crippen molar-refractivity contribution in [2.45, 2.75) is 26.3 Å². The summed E-state index contributed by atoms with van der Waals surface area (Å²) in [4.78, 5) is 0. The van der Waals surface area contributed by atoms with Crippen LogP contribution in [0.4, 0.5) is 13.2 Å². The smallest absolute Gasteiger partial charge is 0.384 e. The van der Waals surface area contributed by atoms with Crippen molar-refractivity contribution in [1.82, 2.24) is 0 Å². The van der Waals surface area contributed by atoms with Gasteiger partial charge in [0, 0.05) is 19.3 Å². The fraction of sp³-hybridized carbons (Fsp3) is 0.500. The van der Waals surface area contributed by atoms with Crippen LogP contribution in [0.1, 0.15) is 19.4 Å². The number of hydrogen-bond acceptors (Lipinski definition) is 2. The Morgan fingerprint density at radius 2 is 1.50 bits per heavy atom. The van der Waals surface area contributed by atoms with Crippen LogP contribution >= 0.6 is 0 Å². The van der Waals surface area contributed by atoms with E-state index >= 15 is 0 Å². The summed E-state index contributed by atoms with van der Waals surface area (Å²) in [6.07, 6.45) is 0.275. The molecule has 1 aromatic carbocycles. The van der Waals surface area contributed by atoms with Crippen molar-refractivity contribution < 1.29 is 22.0 Å². The Balaban J connectivity index is 2.64. The third kappa shape index (κ3) is 4.43. The van der Waals surface area contributed by atoms with E-state index < -0.39 is 26.7 Å². The van der Waals surface area contributed by atoms with Gasteiger partial charge in [-0.3, -0.25) is 0 Å². The van der Waals surface area contributed by atoms with Gasteiger partial charge in [-0.15, -0.1) is 0 Å². The van der Waals surface area contributed by atoms with Crippen molar-refractivity contribution in [1.29, 1.82) is 0 Å². The van der Waals surface area contributed by atoms with Crippen LogP contribution < -0.4 is 0 Å². The van der Waals surface area contributed by atoms with E-state index in [1.54, 1.807) is 0 Å². The Kier molecular flexibility index (Phi) is 6.38. The third-order valence-electron chi connectivity index (χ3n) is 2.30. The molecule has 18 heavy (non-hydrogen) atoms. The number of rotatable bonds is 7. The average molecular weight is 277 g/mol. The summed E-state index contributed by atoms with van der Waals surface area (Å²) >= 11 is 0. The monoisotopic (exact) mass is 277 g/mol. The normalized spacial score (nSPS) is 11.2. The van der Waals surface area contributed by atoms with Gasteiger partial charge in [0.2, 0.25) is 0 Å². The molecule has 0 aromatic heterocycles. The molecule has 0 aliphatic rings. The van der Waals surface area contributed by atoms with E-state index in [9.17, 15) is 13.2 Å². The molecule has 0 heterocycles. The summed E-state index contributed by atoms with van der Waals surface area (Å²) in [5.41, 5.74) is 0.149. The largest absolute Gasteiger partial charge is 0.394 e. The minimum Gasteiger partial charge on any atom is -0.394 e. The molecule has 0 aliphatic heterocycles. The van der Waals surface area contributed by atoms with E-state index in [-0.39, 0.29) is 12.0 Å². The predicted molar refractivity (Wildman–Crippen MR) is 63.8 cm³/mol. The zero-order valence-electron chi connectivity index (χ0n) is 10.4. The molecule has 2 nitrogen and oxygen atoms in total. The van der Waals surface area contributed by atoms with Crippen molar-refractivity contribution in [2.75, 3.05) is 13.2 Å². The highest BCUT2D eigenvalue weighted by Crippen LogP contribution is 2.16. The second kappa shape index (κ2) is 7.55. The van der Waals surface area contributed by atoms with Crippen LogP contribution in [-0.2, 0) is 15.3 Å². The van der Waals surface area contributed by atoms with Gasteiger partial charge in [0.25, 0.3) is 0 Å². The molecule has 0 saturated heterocycles. The summed E-state index contributed by atoms with van der Waals surface area (Å²) in [6, 6.07) is 1.95. The van der Waals surface area contributed by atoms with Crippen molar-refractivity contribution in [3.63, 3.8) is 0 Å². The highest BCUT2D eigenvalue weighted by molar-refractivity contribution is 6.44. The quantitative estimate of drug-likeness (QED) is 0.563. The van der Waals surface area contributed by atoms with Crippen LogP contribution in [0.3, 0.4) is 0 Å². The maximum absolute atomic E-state index is 13.4. The Morgan fingerprint density at radius 3 is 2.06 bits per heavy atom. The zero-order valence-corrected chi connectivity index (χ0v) is 11.4. The van der Waals surface area contributed by atoms with Crippen LogP contribution in [0, 0.1) is 17.5 Å². The molecule has 101 valence electrons. The van der Waals surface area contributed by atoms with E-state index in [2.05, 4.69) is 0 Å². The summed E-state index contributed by atoms with van der Waals surface area (Å²) in [5.74, 6) is -2.94. The van der Waals surface area contributed by atoms with E-state index in [1.165, 1.54) is 0 Å². The van der Waals surface area contributed by atoms with Gasteiger partial charge >= 0.3 is 9.28 Å². The fourth-order valence-electron chi connectivity index (χ4n) is 1.50. The number of hydrogen-bond donors (Lipinski definition) is 0. The van der Waals surface area contributed by atoms with Gasteiger partial charge < -0.3 is 8.85 Å². The van der Waals surface area contributed by atoms with Gasteiger partial charge in [0.1, 0.15) is 5.82 Å². The van der Waals surface area contributed by atoms with Crippen LogP contribution in [0.25, 0.3) is 0 Å². The lowest BCUT2D eigenvalue weighted by Crippen LogP contribution is -2.23. The highest BCUT2D eigenvalue weighted by Gasteiger charge is 2.17. The van der Waals surface area contributed by atoms with E-state index in [0.717, 1.165) is 6.07 Å².